The molecule has 0 fully saturated rings. The lowest BCUT2D eigenvalue weighted by Gasteiger charge is -2.00. The van der Waals surface area contributed by atoms with Crippen LogP contribution in [0.5, 0.6) is 0 Å². The molecule has 2 aromatic rings. The van der Waals surface area contributed by atoms with Crippen LogP contribution in [-0.2, 0) is 15.9 Å². The minimum absolute atomic E-state index is 1.03. The summed E-state index contributed by atoms with van der Waals surface area (Å²) in [6.45, 7) is 16.0. The Bertz CT molecular complexity index is 346. The summed E-state index contributed by atoms with van der Waals surface area (Å²) in [5, 5.41) is 0. The van der Waals surface area contributed by atoms with Gasteiger partial charge in [-0.3, -0.25) is 0 Å². The number of methoxy groups -OCH3 is 2. The predicted octanol–water partition coefficient (Wildman–Crippen LogP) is 7.91. The molecule has 0 aliphatic rings. The Morgan fingerprint density at radius 1 is 0.444 bits per heavy atom. The van der Waals surface area contributed by atoms with Gasteiger partial charge in [0.25, 0.3) is 0 Å². The van der Waals surface area contributed by atoms with E-state index in [0.717, 1.165) is 6.42 Å². The van der Waals surface area contributed by atoms with Crippen molar-refractivity contribution in [3.05, 3.63) is 71.8 Å². The fraction of sp³-hybridized carbons (Fsp3) is 0.520. The minimum Gasteiger partial charge on any atom is -0.388 e. The molecule has 2 rings (SSSR count). The molecule has 0 aromatic heterocycles. The summed E-state index contributed by atoms with van der Waals surface area (Å²) in [4.78, 5) is 0. The predicted molar refractivity (Wildman–Crippen MR) is 127 cm³/mol. The number of hydrogen-bond donors (Lipinski definition) is 0. The molecular formula is C25H48O2. The molecule has 0 bridgehead atoms. The first kappa shape index (κ1) is 36.3. The zero-order chi connectivity index (χ0) is 22.3. The first-order valence-corrected chi connectivity index (χ1v) is 10.2. The molecule has 27 heavy (non-hydrogen) atoms. The Labute approximate surface area is 171 Å². The first-order chi connectivity index (χ1) is 13.3. The molecule has 0 saturated carbocycles. The van der Waals surface area contributed by atoms with E-state index in [1.807, 2.05) is 55.4 Å². The summed E-state index contributed by atoms with van der Waals surface area (Å²) in [6.07, 6.45) is 1.03. The Hall–Kier alpha value is -1.64. The van der Waals surface area contributed by atoms with Crippen molar-refractivity contribution in [2.75, 3.05) is 28.4 Å². The summed E-state index contributed by atoms with van der Waals surface area (Å²) >= 11 is 0. The molecule has 0 saturated heterocycles. The summed E-state index contributed by atoms with van der Waals surface area (Å²) < 4.78 is 8.50. The van der Waals surface area contributed by atoms with Crippen molar-refractivity contribution in [1.82, 2.24) is 0 Å². The molecule has 0 aliphatic carbocycles. The Kier molecular flexibility index (Phi) is 59.3. The zero-order valence-electron chi connectivity index (χ0n) is 20.3. The van der Waals surface area contributed by atoms with Crippen molar-refractivity contribution in [2.24, 2.45) is 0 Å². The second-order valence-electron chi connectivity index (χ2n) is 3.96. The average molecular weight is 381 g/mol. The molecule has 0 unspecified atom stereocenters. The van der Waals surface area contributed by atoms with Gasteiger partial charge in [-0.15, -0.1) is 0 Å². The quantitative estimate of drug-likeness (QED) is 0.527. The molecule has 0 N–H and O–H groups in total. The Balaban J connectivity index is -0.0000000973. The third-order valence-corrected chi connectivity index (χ3v) is 2.09. The lowest BCUT2D eigenvalue weighted by molar-refractivity contribution is 0.277. The van der Waals surface area contributed by atoms with Gasteiger partial charge in [-0.25, -0.2) is 0 Å². The van der Waals surface area contributed by atoms with Crippen LogP contribution in [0, 0.1) is 0 Å². The maximum Gasteiger partial charge on any atom is 0.0351 e. The van der Waals surface area contributed by atoms with E-state index in [0.29, 0.717) is 0 Å². The van der Waals surface area contributed by atoms with Gasteiger partial charge >= 0.3 is 0 Å². The highest BCUT2D eigenvalue weighted by atomic mass is 16.5. The third kappa shape index (κ3) is 36.1. The summed E-state index contributed by atoms with van der Waals surface area (Å²) in [7, 11) is 6.50. The van der Waals surface area contributed by atoms with E-state index in [-0.39, 0.29) is 0 Å². The van der Waals surface area contributed by atoms with Crippen LogP contribution in [0.15, 0.2) is 60.7 Å². The normalized spacial score (nSPS) is 6.96. The van der Waals surface area contributed by atoms with Crippen molar-refractivity contribution >= 4 is 0 Å². The van der Waals surface area contributed by atoms with Crippen molar-refractivity contribution < 1.29 is 9.47 Å². The van der Waals surface area contributed by atoms with Gasteiger partial charge in [0.1, 0.15) is 0 Å². The van der Waals surface area contributed by atoms with Crippen LogP contribution in [0.2, 0.25) is 0 Å². The minimum atomic E-state index is 1.03. The second-order valence-corrected chi connectivity index (χ2v) is 3.96. The highest BCUT2D eigenvalue weighted by Gasteiger charge is 1.92. The fourth-order valence-electron chi connectivity index (χ4n) is 1.43. The van der Waals surface area contributed by atoms with Gasteiger partial charge in [0.15, 0.2) is 0 Å². The maximum atomic E-state index is 4.25. The van der Waals surface area contributed by atoms with Crippen LogP contribution in [0.3, 0.4) is 0 Å². The van der Waals surface area contributed by atoms with Crippen LogP contribution < -0.4 is 0 Å². The Morgan fingerprint density at radius 2 is 0.630 bits per heavy atom. The lowest BCUT2D eigenvalue weighted by Crippen LogP contribution is -1.85. The number of benzene rings is 2. The summed E-state index contributed by atoms with van der Waals surface area (Å²) in [6, 6.07) is 21.1. The summed E-state index contributed by atoms with van der Waals surface area (Å²) in [5.41, 5.74) is 2.74. The van der Waals surface area contributed by atoms with Gasteiger partial charge in [-0.1, -0.05) is 116 Å². The van der Waals surface area contributed by atoms with Crippen molar-refractivity contribution in [1.29, 1.82) is 0 Å². The van der Waals surface area contributed by atoms with E-state index in [4.69, 9.17) is 0 Å². The van der Waals surface area contributed by atoms with Gasteiger partial charge in [0.05, 0.1) is 0 Å². The second kappa shape index (κ2) is 44.1. The van der Waals surface area contributed by atoms with E-state index >= 15 is 0 Å². The van der Waals surface area contributed by atoms with Crippen LogP contribution >= 0.6 is 0 Å². The zero-order valence-corrected chi connectivity index (χ0v) is 20.3. The van der Waals surface area contributed by atoms with Crippen molar-refractivity contribution in [3.8, 4) is 0 Å². The molecule has 0 radical (unpaired) electrons. The van der Waals surface area contributed by atoms with Gasteiger partial charge < -0.3 is 9.47 Å². The Morgan fingerprint density at radius 3 is 0.815 bits per heavy atom. The molecule has 2 nitrogen and oxygen atoms in total. The van der Waals surface area contributed by atoms with E-state index < -0.39 is 0 Å². The van der Waals surface area contributed by atoms with E-state index in [2.05, 4.69) is 70.1 Å². The van der Waals surface area contributed by atoms with Crippen LogP contribution in [-0.4, -0.2) is 28.4 Å². The summed E-state index contributed by atoms with van der Waals surface area (Å²) in [5.74, 6) is 0. The number of hydrogen-bond acceptors (Lipinski definition) is 2. The first-order valence-electron chi connectivity index (χ1n) is 10.2. The fourth-order valence-corrected chi connectivity index (χ4v) is 1.43. The van der Waals surface area contributed by atoms with E-state index in [1.165, 1.54) is 11.1 Å². The molecule has 0 amide bonds. The number of rotatable bonds is 2. The van der Waals surface area contributed by atoms with E-state index in [1.54, 1.807) is 28.4 Å². The van der Waals surface area contributed by atoms with Gasteiger partial charge in [0.2, 0.25) is 0 Å². The molecule has 160 valence electrons. The largest absolute Gasteiger partial charge is 0.388 e. The highest BCUT2D eigenvalue weighted by molar-refractivity contribution is 5.25. The maximum absolute atomic E-state index is 4.25. The van der Waals surface area contributed by atoms with Crippen LogP contribution in [0.4, 0.5) is 0 Å². The smallest absolute Gasteiger partial charge is 0.0351 e. The standard InChI is InChI=1S/C13H12.2C2H6O.4C2H6/c1-3-7-12(8-4-1)11-13-9-5-2-6-10-13;2*1-3-2;4*1-2/h1-10H,11H2;2*1-2H3;4*1-2H3. The van der Waals surface area contributed by atoms with E-state index in [9.17, 15) is 0 Å². The average Bonchev–Trinajstić information content (AvgIpc) is 2.77. The SMILES string of the molecule is CC.CC.CC.CC.COC.COC.c1ccc(Cc2ccccc2)cc1. The van der Waals surface area contributed by atoms with Crippen LogP contribution in [0.25, 0.3) is 0 Å². The molecule has 0 spiro atoms. The molecule has 0 atom stereocenters. The molecule has 0 heterocycles. The lowest BCUT2D eigenvalue weighted by atomic mass is 10.1. The van der Waals surface area contributed by atoms with Gasteiger partial charge in [-0.05, 0) is 17.5 Å². The molecular weight excluding hydrogens is 332 g/mol. The van der Waals surface area contributed by atoms with Crippen molar-refractivity contribution in [2.45, 2.75) is 61.8 Å². The van der Waals surface area contributed by atoms with Crippen molar-refractivity contribution in [3.63, 3.8) is 0 Å². The monoisotopic (exact) mass is 380 g/mol. The topological polar surface area (TPSA) is 18.5 Å². The molecule has 2 aromatic carbocycles. The number of ether oxygens (including phenoxy) is 2. The van der Waals surface area contributed by atoms with Gasteiger partial charge in [-0.2, -0.15) is 0 Å². The van der Waals surface area contributed by atoms with Gasteiger partial charge in [0, 0.05) is 28.4 Å². The molecule has 2 heteroatoms. The third-order valence-electron chi connectivity index (χ3n) is 2.09. The highest BCUT2D eigenvalue weighted by Crippen LogP contribution is 2.07. The molecule has 0 aliphatic heterocycles. The van der Waals surface area contributed by atoms with Crippen LogP contribution in [0.1, 0.15) is 66.5 Å².